The summed E-state index contributed by atoms with van der Waals surface area (Å²) in [6, 6.07) is 7.12. The van der Waals surface area contributed by atoms with Crippen molar-refractivity contribution in [2.24, 2.45) is 10.9 Å². The second kappa shape index (κ2) is 11.1. The van der Waals surface area contributed by atoms with Crippen LogP contribution in [0.3, 0.4) is 0 Å². The molecule has 2 amide bonds. The number of carbonyl (C=O) groups excluding carboxylic acids is 2. The van der Waals surface area contributed by atoms with Crippen molar-refractivity contribution in [3.8, 4) is 0 Å². The zero-order chi connectivity index (χ0) is 17.0. The van der Waals surface area contributed by atoms with E-state index in [2.05, 4.69) is 15.8 Å². The van der Waals surface area contributed by atoms with Gasteiger partial charge in [0.15, 0.2) is 5.84 Å². The van der Waals surface area contributed by atoms with Crippen molar-refractivity contribution in [1.82, 2.24) is 10.6 Å². The van der Waals surface area contributed by atoms with Crippen LogP contribution >= 0.6 is 0 Å². The van der Waals surface area contributed by atoms with Crippen molar-refractivity contribution in [1.29, 1.82) is 0 Å². The van der Waals surface area contributed by atoms with Gasteiger partial charge in [0.1, 0.15) is 0 Å². The van der Waals surface area contributed by atoms with Crippen LogP contribution < -0.4 is 16.4 Å². The van der Waals surface area contributed by atoms with E-state index < -0.39 is 0 Å². The fourth-order valence-electron chi connectivity index (χ4n) is 1.35. The lowest BCUT2D eigenvalue weighted by molar-refractivity contribution is -0.121. The second-order valence-corrected chi connectivity index (χ2v) is 4.34. The lowest BCUT2D eigenvalue weighted by atomic mass is 10.1. The lowest BCUT2D eigenvalue weighted by Crippen LogP contribution is -2.21. The lowest BCUT2D eigenvalue weighted by Gasteiger charge is -2.04. The molecule has 0 saturated heterocycles. The number of amides is 2. The van der Waals surface area contributed by atoms with Crippen molar-refractivity contribution in [3.63, 3.8) is 0 Å². The third-order valence-electron chi connectivity index (χ3n) is 2.77. The topological polar surface area (TPSA) is 117 Å². The molecule has 0 heterocycles. The summed E-state index contributed by atoms with van der Waals surface area (Å²) in [5, 5.41) is 16.6. The van der Waals surface area contributed by atoms with Gasteiger partial charge in [-0.3, -0.25) is 9.59 Å². The molecule has 0 fully saturated rings. The van der Waals surface area contributed by atoms with Crippen molar-refractivity contribution in [3.05, 3.63) is 35.4 Å². The maximum Gasteiger partial charge on any atom is 0.219 e. The SMILES string of the molecule is CCC(=O)NC.CCC(=O)NCc1ccc(/C(N)=N/O)cc1. The number of hydrogen-bond donors (Lipinski definition) is 4. The molecule has 0 spiro atoms. The van der Waals surface area contributed by atoms with Gasteiger partial charge < -0.3 is 21.6 Å². The normalized spacial score (nSPS) is 10.2. The molecule has 0 unspecified atom stereocenters. The van der Waals surface area contributed by atoms with Gasteiger partial charge in [-0.15, -0.1) is 0 Å². The number of nitrogens with zero attached hydrogens (tertiary/aromatic N) is 1. The number of oxime groups is 1. The number of benzene rings is 1. The van der Waals surface area contributed by atoms with Crippen molar-refractivity contribution in [2.75, 3.05) is 7.05 Å². The Hall–Kier alpha value is -2.57. The van der Waals surface area contributed by atoms with Crippen LogP contribution in [0.2, 0.25) is 0 Å². The fourth-order valence-corrected chi connectivity index (χ4v) is 1.35. The third-order valence-corrected chi connectivity index (χ3v) is 2.77. The highest BCUT2D eigenvalue weighted by atomic mass is 16.4. The molecule has 7 heteroatoms. The minimum absolute atomic E-state index is 0.0144. The van der Waals surface area contributed by atoms with Gasteiger partial charge in [-0.1, -0.05) is 43.3 Å². The highest BCUT2D eigenvalue weighted by Crippen LogP contribution is 2.04. The number of nitrogens with one attached hydrogen (secondary N) is 2. The molecule has 22 heavy (non-hydrogen) atoms. The average Bonchev–Trinajstić information content (AvgIpc) is 2.59. The van der Waals surface area contributed by atoms with Gasteiger partial charge in [-0.25, -0.2) is 0 Å². The number of hydrogen-bond acceptors (Lipinski definition) is 4. The molecule has 1 rings (SSSR count). The summed E-state index contributed by atoms with van der Waals surface area (Å²) < 4.78 is 0. The fraction of sp³-hybridized carbons (Fsp3) is 0.400. The maximum atomic E-state index is 11.0. The van der Waals surface area contributed by atoms with Crippen LogP contribution in [0, 0.1) is 0 Å². The Bertz CT molecular complexity index is 492. The van der Waals surface area contributed by atoms with E-state index in [9.17, 15) is 9.59 Å². The Morgan fingerprint density at radius 3 is 2.05 bits per heavy atom. The van der Waals surface area contributed by atoms with E-state index in [1.54, 1.807) is 26.1 Å². The summed E-state index contributed by atoms with van der Waals surface area (Å²) in [5.74, 6) is 0.180. The zero-order valence-electron chi connectivity index (χ0n) is 13.2. The molecule has 0 saturated carbocycles. The van der Waals surface area contributed by atoms with Gasteiger partial charge in [0.05, 0.1) is 0 Å². The van der Waals surface area contributed by atoms with E-state index in [0.717, 1.165) is 5.56 Å². The third kappa shape index (κ3) is 7.88. The summed E-state index contributed by atoms with van der Waals surface area (Å²) >= 11 is 0. The molecule has 1 aromatic carbocycles. The van der Waals surface area contributed by atoms with Crippen LogP contribution in [0.15, 0.2) is 29.4 Å². The molecule has 0 aromatic heterocycles. The minimum Gasteiger partial charge on any atom is -0.409 e. The first-order valence-corrected chi connectivity index (χ1v) is 7.02. The van der Waals surface area contributed by atoms with E-state index >= 15 is 0 Å². The molecule has 122 valence electrons. The molecule has 7 nitrogen and oxygen atoms in total. The first-order chi connectivity index (χ1) is 10.5. The first kappa shape index (κ1) is 19.4. The van der Waals surface area contributed by atoms with Crippen LogP contribution in [0.1, 0.15) is 37.8 Å². The molecular weight excluding hydrogens is 284 g/mol. The van der Waals surface area contributed by atoms with Gasteiger partial charge in [-0.05, 0) is 5.56 Å². The first-order valence-electron chi connectivity index (χ1n) is 7.02. The predicted octanol–water partition coefficient (Wildman–Crippen LogP) is 0.950. The molecule has 0 aliphatic rings. The van der Waals surface area contributed by atoms with Crippen LogP contribution in [-0.4, -0.2) is 29.9 Å². The van der Waals surface area contributed by atoms with Gasteiger partial charge in [-0.2, -0.15) is 0 Å². The van der Waals surface area contributed by atoms with Crippen molar-refractivity contribution >= 4 is 17.6 Å². The standard InChI is InChI=1S/C11H15N3O2.C4H9NO/c1-2-10(15)13-7-8-3-5-9(6-4-8)11(12)14-16;1-3-4(6)5-2/h3-6,16H,2,7H2,1H3,(H2,12,14)(H,13,15);3H2,1-2H3,(H,5,6). The van der Waals surface area contributed by atoms with E-state index in [1.807, 2.05) is 19.1 Å². The Morgan fingerprint density at radius 2 is 1.68 bits per heavy atom. The van der Waals surface area contributed by atoms with Gasteiger partial charge in [0.2, 0.25) is 11.8 Å². The summed E-state index contributed by atoms with van der Waals surface area (Å²) in [4.78, 5) is 21.1. The van der Waals surface area contributed by atoms with Crippen LogP contribution in [-0.2, 0) is 16.1 Å². The van der Waals surface area contributed by atoms with Crippen LogP contribution in [0.5, 0.6) is 0 Å². The summed E-state index contributed by atoms with van der Waals surface area (Å²) in [6.45, 7) is 4.11. The highest BCUT2D eigenvalue weighted by Gasteiger charge is 2.00. The predicted molar refractivity (Wildman–Crippen MR) is 85.4 cm³/mol. The quantitative estimate of drug-likeness (QED) is 0.280. The minimum atomic E-state index is 0.0144. The molecule has 0 radical (unpaired) electrons. The summed E-state index contributed by atoms with van der Waals surface area (Å²) in [7, 11) is 1.63. The molecule has 5 N–H and O–H groups in total. The van der Waals surface area contributed by atoms with Crippen molar-refractivity contribution in [2.45, 2.75) is 33.2 Å². The zero-order valence-corrected chi connectivity index (χ0v) is 13.2. The molecule has 1 aromatic rings. The Morgan fingerprint density at radius 1 is 1.14 bits per heavy atom. The van der Waals surface area contributed by atoms with E-state index in [4.69, 9.17) is 10.9 Å². The summed E-state index contributed by atoms with van der Waals surface area (Å²) in [5.41, 5.74) is 7.03. The molecular formula is C15H24N4O3. The Balaban J connectivity index is 0.000000626. The van der Waals surface area contributed by atoms with Gasteiger partial charge in [0.25, 0.3) is 0 Å². The smallest absolute Gasteiger partial charge is 0.219 e. The maximum absolute atomic E-state index is 11.0. The van der Waals surface area contributed by atoms with E-state index in [1.165, 1.54) is 0 Å². The largest absolute Gasteiger partial charge is 0.409 e. The van der Waals surface area contributed by atoms with E-state index in [-0.39, 0.29) is 17.6 Å². The average molecular weight is 308 g/mol. The number of rotatable bonds is 5. The van der Waals surface area contributed by atoms with Crippen LogP contribution in [0.4, 0.5) is 0 Å². The van der Waals surface area contributed by atoms with Crippen molar-refractivity contribution < 1.29 is 14.8 Å². The number of carbonyl (C=O) groups is 2. The van der Waals surface area contributed by atoms with Crippen LogP contribution in [0.25, 0.3) is 0 Å². The second-order valence-electron chi connectivity index (χ2n) is 4.34. The number of nitrogens with two attached hydrogens (primary N) is 1. The summed E-state index contributed by atoms with van der Waals surface area (Å²) in [6.07, 6.45) is 1.05. The molecule has 0 bridgehead atoms. The Labute approximate surface area is 130 Å². The molecule has 0 aliphatic heterocycles. The van der Waals surface area contributed by atoms with Gasteiger partial charge in [0, 0.05) is 32.0 Å². The molecule has 0 atom stereocenters. The number of amidine groups is 1. The highest BCUT2D eigenvalue weighted by molar-refractivity contribution is 5.96. The Kier molecular flexibility index (Phi) is 9.83. The van der Waals surface area contributed by atoms with E-state index in [0.29, 0.717) is 24.9 Å². The monoisotopic (exact) mass is 308 g/mol. The molecule has 0 aliphatic carbocycles. The van der Waals surface area contributed by atoms with Gasteiger partial charge >= 0.3 is 0 Å².